The first-order valence-corrected chi connectivity index (χ1v) is 7.40. The molecule has 0 aliphatic heterocycles. The zero-order valence-electron chi connectivity index (χ0n) is 12.0. The molecule has 0 saturated carbocycles. The first-order valence-electron chi connectivity index (χ1n) is 7.40. The molecule has 0 radical (unpaired) electrons. The van der Waals surface area contributed by atoms with Gasteiger partial charge in [-0.15, -0.1) is 0 Å². The van der Waals surface area contributed by atoms with Crippen LogP contribution in [-0.2, 0) is 4.79 Å². The van der Waals surface area contributed by atoms with Crippen LogP contribution in [0, 0.1) is 0 Å². The van der Waals surface area contributed by atoms with Gasteiger partial charge in [-0.3, -0.25) is 0 Å². The highest BCUT2D eigenvalue weighted by atomic mass is 16.5. The van der Waals surface area contributed by atoms with Crippen molar-refractivity contribution in [3.05, 3.63) is 40.8 Å². The Bertz CT molecular complexity index is 630. The molecule has 21 heavy (non-hydrogen) atoms. The van der Waals surface area contributed by atoms with Crippen molar-refractivity contribution < 1.29 is 13.9 Å². The molecule has 0 amide bonds. The van der Waals surface area contributed by atoms with Crippen molar-refractivity contribution in [3.63, 3.8) is 0 Å². The van der Waals surface area contributed by atoms with Crippen LogP contribution in [0.5, 0.6) is 5.75 Å². The second-order valence-electron chi connectivity index (χ2n) is 5.03. The Hall–Kier alpha value is -2.10. The van der Waals surface area contributed by atoms with Crippen LogP contribution in [0.2, 0.25) is 0 Å². The molecule has 0 N–H and O–H groups in total. The summed E-state index contributed by atoms with van der Waals surface area (Å²) in [7, 11) is 0. The van der Waals surface area contributed by atoms with Crippen LogP contribution in [0.4, 0.5) is 0 Å². The number of hydrogen-bond donors (Lipinski definition) is 0. The van der Waals surface area contributed by atoms with E-state index in [1.165, 1.54) is 6.07 Å². The maximum atomic E-state index is 11.2. The largest absolute Gasteiger partial charge is 0.493 e. The molecule has 1 aromatic carbocycles. The average Bonchev–Trinajstić information content (AvgIpc) is 2.49. The summed E-state index contributed by atoms with van der Waals surface area (Å²) in [6.07, 6.45) is 6.93. The van der Waals surface area contributed by atoms with E-state index in [0.717, 1.165) is 49.5 Å². The summed E-state index contributed by atoms with van der Waals surface area (Å²) in [4.78, 5) is 21.3. The first-order chi connectivity index (χ1) is 10.3. The van der Waals surface area contributed by atoms with Crippen LogP contribution in [0.1, 0.15) is 38.5 Å². The molecule has 0 bridgehead atoms. The number of ether oxygens (including phenoxy) is 1. The number of rotatable bonds is 9. The third-order valence-electron chi connectivity index (χ3n) is 3.33. The lowest BCUT2D eigenvalue weighted by Crippen LogP contribution is -1.98. The Kier molecular flexibility index (Phi) is 6.00. The molecular formula is C17H20O4. The van der Waals surface area contributed by atoms with Crippen molar-refractivity contribution in [3.8, 4) is 5.75 Å². The van der Waals surface area contributed by atoms with Gasteiger partial charge in [-0.2, -0.15) is 0 Å². The van der Waals surface area contributed by atoms with E-state index < -0.39 is 0 Å². The van der Waals surface area contributed by atoms with Crippen LogP contribution in [0.3, 0.4) is 0 Å². The van der Waals surface area contributed by atoms with Gasteiger partial charge in [0.2, 0.25) is 0 Å². The predicted molar refractivity (Wildman–Crippen MR) is 81.7 cm³/mol. The quantitative estimate of drug-likeness (QED) is 0.401. The number of aldehydes is 1. The summed E-state index contributed by atoms with van der Waals surface area (Å²) in [5.41, 5.74) is 0.198. The van der Waals surface area contributed by atoms with E-state index in [1.807, 2.05) is 12.1 Å². The SMILES string of the molecule is O=CCCCCCCCOc1ccc2ccc(=O)oc2c1. The van der Waals surface area contributed by atoms with Gasteiger partial charge in [0, 0.05) is 23.9 Å². The van der Waals surface area contributed by atoms with Gasteiger partial charge < -0.3 is 13.9 Å². The van der Waals surface area contributed by atoms with Crippen LogP contribution in [-0.4, -0.2) is 12.9 Å². The summed E-state index contributed by atoms with van der Waals surface area (Å²) >= 11 is 0. The highest BCUT2D eigenvalue weighted by Gasteiger charge is 2.00. The smallest absolute Gasteiger partial charge is 0.336 e. The van der Waals surface area contributed by atoms with Crippen molar-refractivity contribution >= 4 is 17.3 Å². The lowest BCUT2D eigenvalue weighted by Gasteiger charge is -2.06. The van der Waals surface area contributed by atoms with Crippen molar-refractivity contribution in [2.45, 2.75) is 38.5 Å². The third-order valence-corrected chi connectivity index (χ3v) is 3.33. The van der Waals surface area contributed by atoms with E-state index in [9.17, 15) is 9.59 Å². The second-order valence-corrected chi connectivity index (χ2v) is 5.03. The zero-order chi connectivity index (χ0) is 14.9. The van der Waals surface area contributed by atoms with Gasteiger partial charge in [-0.1, -0.05) is 19.3 Å². The van der Waals surface area contributed by atoms with Crippen LogP contribution in [0.25, 0.3) is 11.0 Å². The highest BCUT2D eigenvalue weighted by molar-refractivity contribution is 5.77. The predicted octanol–water partition coefficient (Wildman–Crippen LogP) is 3.71. The van der Waals surface area contributed by atoms with Gasteiger partial charge in [0.15, 0.2) is 0 Å². The molecule has 0 aliphatic rings. The Balaban J connectivity index is 1.73. The van der Waals surface area contributed by atoms with E-state index in [2.05, 4.69) is 0 Å². The Morgan fingerprint density at radius 1 is 1.00 bits per heavy atom. The summed E-state index contributed by atoms with van der Waals surface area (Å²) in [6.45, 7) is 0.649. The molecule has 112 valence electrons. The van der Waals surface area contributed by atoms with Crippen LogP contribution in [0.15, 0.2) is 39.5 Å². The maximum Gasteiger partial charge on any atom is 0.336 e. The van der Waals surface area contributed by atoms with Crippen molar-refractivity contribution in [1.29, 1.82) is 0 Å². The normalized spacial score (nSPS) is 10.7. The minimum Gasteiger partial charge on any atom is -0.493 e. The van der Waals surface area contributed by atoms with E-state index in [4.69, 9.17) is 9.15 Å². The molecule has 0 saturated heterocycles. The number of benzene rings is 1. The lowest BCUT2D eigenvalue weighted by atomic mass is 10.1. The van der Waals surface area contributed by atoms with E-state index in [-0.39, 0.29) is 5.63 Å². The lowest BCUT2D eigenvalue weighted by molar-refractivity contribution is -0.107. The Morgan fingerprint density at radius 3 is 2.62 bits per heavy atom. The minimum atomic E-state index is -0.352. The summed E-state index contributed by atoms with van der Waals surface area (Å²) in [5, 5.41) is 0.886. The Morgan fingerprint density at radius 2 is 1.76 bits per heavy atom. The number of unbranched alkanes of at least 4 members (excludes halogenated alkanes) is 5. The average molecular weight is 288 g/mol. The molecule has 4 heteroatoms. The van der Waals surface area contributed by atoms with Gasteiger partial charge in [0.05, 0.1) is 6.61 Å². The van der Waals surface area contributed by atoms with Gasteiger partial charge in [-0.05, 0) is 31.0 Å². The molecule has 0 atom stereocenters. The third kappa shape index (κ3) is 5.06. The first kappa shape index (κ1) is 15.3. The molecule has 0 unspecified atom stereocenters. The van der Waals surface area contributed by atoms with E-state index in [0.29, 0.717) is 18.6 Å². The zero-order valence-corrected chi connectivity index (χ0v) is 12.0. The summed E-state index contributed by atoms with van der Waals surface area (Å²) in [6, 6.07) is 8.66. The second kappa shape index (κ2) is 8.25. The molecule has 0 fully saturated rings. The van der Waals surface area contributed by atoms with Crippen molar-refractivity contribution in [2.24, 2.45) is 0 Å². The molecule has 2 rings (SSSR count). The Labute approximate surface area is 123 Å². The number of carbonyl (C=O) groups is 1. The van der Waals surface area contributed by atoms with E-state index in [1.54, 1.807) is 12.1 Å². The number of hydrogen-bond acceptors (Lipinski definition) is 4. The maximum absolute atomic E-state index is 11.2. The fourth-order valence-corrected chi connectivity index (χ4v) is 2.18. The molecule has 0 aliphatic carbocycles. The number of fused-ring (bicyclic) bond motifs is 1. The van der Waals surface area contributed by atoms with Gasteiger partial charge in [0.25, 0.3) is 0 Å². The molecule has 1 aromatic heterocycles. The highest BCUT2D eigenvalue weighted by Crippen LogP contribution is 2.19. The van der Waals surface area contributed by atoms with Gasteiger partial charge >= 0.3 is 5.63 Å². The molecule has 0 spiro atoms. The van der Waals surface area contributed by atoms with E-state index >= 15 is 0 Å². The molecule has 1 heterocycles. The van der Waals surface area contributed by atoms with Gasteiger partial charge in [-0.25, -0.2) is 4.79 Å². The summed E-state index contributed by atoms with van der Waals surface area (Å²) in [5.74, 6) is 0.720. The minimum absolute atomic E-state index is 0.352. The molecule has 2 aromatic rings. The molecule has 4 nitrogen and oxygen atoms in total. The molecular weight excluding hydrogens is 268 g/mol. The van der Waals surface area contributed by atoms with Crippen molar-refractivity contribution in [1.82, 2.24) is 0 Å². The standard InChI is InChI=1S/C17H20O4/c18-11-5-3-1-2-4-6-12-20-15-9-7-14-8-10-17(19)21-16(14)13-15/h7-11,13H,1-6,12H2. The van der Waals surface area contributed by atoms with Crippen molar-refractivity contribution in [2.75, 3.05) is 6.61 Å². The monoisotopic (exact) mass is 288 g/mol. The fraction of sp³-hybridized carbons (Fsp3) is 0.412. The van der Waals surface area contributed by atoms with Crippen LogP contribution < -0.4 is 10.4 Å². The fourth-order valence-electron chi connectivity index (χ4n) is 2.18. The number of carbonyl (C=O) groups excluding carboxylic acids is 1. The topological polar surface area (TPSA) is 56.5 Å². The summed E-state index contributed by atoms with van der Waals surface area (Å²) < 4.78 is 10.8. The van der Waals surface area contributed by atoms with Crippen LogP contribution >= 0.6 is 0 Å². The van der Waals surface area contributed by atoms with Gasteiger partial charge in [0.1, 0.15) is 17.6 Å².